The largest absolute Gasteiger partial charge is 0.481 e. The first-order valence-electron chi connectivity index (χ1n) is 8.58. The fourth-order valence-corrected chi connectivity index (χ4v) is 2.59. The minimum absolute atomic E-state index is 0.0815. The van der Waals surface area contributed by atoms with Crippen LogP contribution in [-0.4, -0.2) is 28.6 Å². The maximum atomic E-state index is 13.0. The van der Waals surface area contributed by atoms with Gasteiger partial charge >= 0.3 is 5.69 Å². The number of anilines is 2. The van der Waals surface area contributed by atoms with Gasteiger partial charge in [-0.3, -0.25) is 19.1 Å². The van der Waals surface area contributed by atoms with Crippen LogP contribution in [-0.2, 0) is 11.3 Å². The Kier molecular flexibility index (Phi) is 6.38. The smallest absolute Gasteiger partial charge is 0.330 e. The Bertz CT molecular complexity index is 920. The Hall–Kier alpha value is -3.10. The molecule has 1 heterocycles. The molecule has 1 aromatic carbocycles. The van der Waals surface area contributed by atoms with Gasteiger partial charge in [-0.2, -0.15) is 0 Å². The van der Waals surface area contributed by atoms with Gasteiger partial charge in [-0.25, -0.2) is 9.18 Å². The number of hydrogen-bond donors (Lipinski definition) is 2. The lowest BCUT2D eigenvalue weighted by Crippen LogP contribution is -2.43. The Morgan fingerprint density at radius 2 is 1.96 bits per heavy atom. The third-order valence-corrected chi connectivity index (χ3v) is 4.09. The van der Waals surface area contributed by atoms with Crippen molar-refractivity contribution in [1.29, 1.82) is 0 Å². The zero-order chi connectivity index (χ0) is 20.1. The molecule has 0 spiro atoms. The lowest BCUT2D eigenvalue weighted by molar-refractivity contribution is -0.124. The monoisotopic (exact) mass is 378 g/mol. The average Bonchev–Trinajstić information content (AvgIpc) is 2.62. The van der Waals surface area contributed by atoms with Gasteiger partial charge in [0.1, 0.15) is 17.4 Å². The van der Waals surface area contributed by atoms with E-state index in [0.717, 1.165) is 11.3 Å². The number of aromatic amines is 1. The van der Waals surface area contributed by atoms with E-state index < -0.39 is 29.1 Å². The SMILES string of the molecule is CCCCn1c(N)c(N(C)C(=O)C(C)Oc2ccc(F)cc2)c(=O)[nH]c1=O. The van der Waals surface area contributed by atoms with Crippen molar-refractivity contribution in [2.75, 3.05) is 17.7 Å². The number of carbonyl (C=O) groups is 1. The number of aromatic nitrogens is 2. The second kappa shape index (κ2) is 8.52. The van der Waals surface area contributed by atoms with Crippen molar-refractivity contribution in [3.8, 4) is 5.75 Å². The summed E-state index contributed by atoms with van der Waals surface area (Å²) in [5.41, 5.74) is 4.51. The highest BCUT2D eigenvalue weighted by Gasteiger charge is 2.25. The summed E-state index contributed by atoms with van der Waals surface area (Å²) in [6.45, 7) is 3.78. The van der Waals surface area contributed by atoms with Crippen LogP contribution in [0.5, 0.6) is 5.75 Å². The number of hydrogen-bond acceptors (Lipinski definition) is 5. The van der Waals surface area contributed by atoms with Gasteiger partial charge in [-0.15, -0.1) is 0 Å². The van der Waals surface area contributed by atoms with Crippen molar-refractivity contribution >= 4 is 17.4 Å². The molecule has 0 saturated carbocycles. The molecule has 1 aromatic heterocycles. The van der Waals surface area contributed by atoms with Gasteiger partial charge in [0, 0.05) is 13.6 Å². The molecule has 1 unspecified atom stereocenters. The summed E-state index contributed by atoms with van der Waals surface area (Å²) in [6.07, 6.45) is 0.560. The lowest BCUT2D eigenvalue weighted by atomic mass is 10.3. The number of H-pyrrole nitrogens is 1. The van der Waals surface area contributed by atoms with Crippen LogP contribution in [0.3, 0.4) is 0 Å². The minimum Gasteiger partial charge on any atom is -0.481 e. The van der Waals surface area contributed by atoms with Crippen LogP contribution in [0.4, 0.5) is 15.9 Å². The highest BCUT2D eigenvalue weighted by molar-refractivity contribution is 5.97. The lowest BCUT2D eigenvalue weighted by Gasteiger charge is -2.23. The molecule has 1 amide bonds. The molecule has 1 atom stereocenters. The Labute approximate surface area is 155 Å². The number of carbonyl (C=O) groups excluding carboxylic acids is 1. The van der Waals surface area contributed by atoms with Crippen LogP contribution in [0, 0.1) is 5.82 Å². The van der Waals surface area contributed by atoms with E-state index in [2.05, 4.69) is 4.98 Å². The topological polar surface area (TPSA) is 110 Å². The molecular formula is C18H23FN4O4. The van der Waals surface area contributed by atoms with E-state index in [9.17, 15) is 18.8 Å². The number of benzene rings is 1. The number of likely N-dealkylation sites (N-methyl/N-ethyl adjacent to an activating group) is 1. The van der Waals surface area contributed by atoms with E-state index in [-0.39, 0.29) is 11.5 Å². The van der Waals surface area contributed by atoms with Crippen LogP contribution >= 0.6 is 0 Å². The fraction of sp³-hybridized carbons (Fsp3) is 0.389. The predicted octanol–water partition coefficient (Wildman–Crippen LogP) is 1.49. The highest BCUT2D eigenvalue weighted by atomic mass is 19.1. The first-order chi connectivity index (χ1) is 12.8. The van der Waals surface area contributed by atoms with Crippen molar-refractivity contribution in [2.24, 2.45) is 0 Å². The molecule has 9 heteroatoms. The average molecular weight is 378 g/mol. The van der Waals surface area contributed by atoms with E-state index in [1.807, 2.05) is 6.92 Å². The van der Waals surface area contributed by atoms with Crippen LogP contribution in [0.2, 0.25) is 0 Å². The van der Waals surface area contributed by atoms with Gasteiger partial charge in [0.15, 0.2) is 11.8 Å². The summed E-state index contributed by atoms with van der Waals surface area (Å²) in [5.74, 6) is -0.744. The maximum absolute atomic E-state index is 13.0. The maximum Gasteiger partial charge on any atom is 0.330 e. The fourth-order valence-electron chi connectivity index (χ4n) is 2.59. The first kappa shape index (κ1) is 20.2. The van der Waals surface area contributed by atoms with Crippen molar-refractivity contribution in [1.82, 2.24) is 9.55 Å². The van der Waals surface area contributed by atoms with E-state index in [0.29, 0.717) is 18.7 Å². The van der Waals surface area contributed by atoms with E-state index in [1.54, 1.807) is 0 Å². The summed E-state index contributed by atoms with van der Waals surface area (Å²) < 4.78 is 19.7. The van der Waals surface area contributed by atoms with Gasteiger partial charge in [-0.1, -0.05) is 13.3 Å². The molecule has 146 valence electrons. The quantitative estimate of drug-likeness (QED) is 0.758. The van der Waals surface area contributed by atoms with Crippen LogP contribution < -0.4 is 26.6 Å². The van der Waals surface area contributed by atoms with Crippen LogP contribution in [0.15, 0.2) is 33.9 Å². The minimum atomic E-state index is -0.963. The van der Waals surface area contributed by atoms with Crippen molar-refractivity contribution in [3.05, 3.63) is 50.9 Å². The Balaban J connectivity index is 2.28. The summed E-state index contributed by atoms with van der Waals surface area (Å²) in [5, 5.41) is 0. The van der Waals surface area contributed by atoms with Gasteiger partial charge < -0.3 is 15.4 Å². The molecule has 0 bridgehead atoms. The summed E-state index contributed by atoms with van der Waals surface area (Å²) in [7, 11) is 1.38. The highest BCUT2D eigenvalue weighted by Crippen LogP contribution is 2.19. The van der Waals surface area contributed by atoms with E-state index in [4.69, 9.17) is 10.5 Å². The number of nitrogen functional groups attached to an aromatic ring is 1. The molecular weight excluding hydrogens is 355 g/mol. The first-order valence-corrected chi connectivity index (χ1v) is 8.58. The number of unbranched alkanes of at least 4 members (excludes halogenated alkanes) is 1. The standard InChI is InChI=1S/C18H23FN4O4/c1-4-5-10-23-15(20)14(16(24)21-18(23)26)22(3)17(25)11(2)27-13-8-6-12(19)7-9-13/h6-9,11H,4-5,10,20H2,1-3H3,(H,21,24,26). The predicted molar refractivity (Wildman–Crippen MR) is 101 cm³/mol. The van der Waals surface area contributed by atoms with Crippen LogP contribution in [0.25, 0.3) is 0 Å². The normalized spacial score (nSPS) is 11.9. The second-order valence-corrected chi connectivity index (χ2v) is 6.11. The molecule has 27 heavy (non-hydrogen) atoms. The molecule has 0 radical (unpaired) electrons. The molecule has 0 fully saturated rings. The van der Waals surface area contributed by atoms with Gasteiger partial charge in [0.05, 0.1) is 0 Å². The van der Waals surface area contributed by atoms with E-state index in [1.165, 1.54) is 42.8 Å². The Morgan fingerprint density at radius 3 is 2.56 bits per heavy atom. The van der Waals surface area contributed by atoms with Crippen molar-refractivity contribution in [3.63, 3.8) is 0 Å². The molecule has 2 aromatic rings. The number of amides is 1. The van der Waals surface area contributed by atoms with Crippen molar-refractivity contribution < 1.29 is 13.9 Å². The number of rotatable bonds is 7. The second-order valence-electron chi connectivity index (χ2n) is 6.11. The molecule has 2 rings (SSSR count). The van der Waals surface area contributed by atoms with Crippen molar-refractivity contribution in [2.45, 2.75) is 39.3 Å². The molecule has 0 saturated heterocycles. The van der Waals surface area contributed by atoms with Gasteiger partial charge in [-0.05, 0) is 37.6 Å². The summed E-state index contributed by atoms with van der Waals surface area (Å²) >= 11 is 0. The van der Waals surface area contributed by atoms with Gasteiger partial charge in [0.2, 0.25) is 0 Å². The zero-order valence-electron chi connectivity index (χ0n) is 15.5. The number of nitrogens with zero attached hydrogens (tertiary/aromatic N) is 2. The summed E-state index contributed by atoms with van der Waals surface area (Å²) in [4.78, 5) is 40.1. The molecule has 3 N–H and O–H groups in total. The molecule has 8 nitrogen and oxygen atoms in total. The Morgan fingerprint density at radius 1 is 1.33 bits per heavy atom. The third kappa shape index (κ3) is 4.55. The van der Waals surface area contributed by atoms with Gasteiger partial charge in [0.25, 0.3) is 11.5 Å². The van der Waals surface area contributed by atoms with E-state index >= 15 is 0 Å². The zero-order valence-corrected chi connectivity index (χ0v) is 15.5. The number of halogens is 1. The molecule has 0 aliphatic carbocycles. The summed E-state index contributed by atoms with van der Waals surface area (Å²) in [6, 6.07) is 5.21. The number of nitrogens with one attached hydrogen (secondary N) is 1. The third-order valence-electron chi connectivity index (χ3n) is 4.09. The molecule has 0 aliphatic rings. The van der Waals surface area contributed by atoms with Crippen LogP contribution in [0.1, 0.15) is 26.7 Å². The molecule has 0 aliphatic heterocycles. The number of nitrogens with two attached hydrogens (primary N) is 1. The number of ether oxygens (including phenoxy) is 1.